The van der Waals surface area contributed by atoms with Gasteiger partial charge in [0.15, 0.2) is 0 Å². The predicted molar refractivity (Wildman–Crippen MR) is 99.1 cm³/mol. The third-order valence-corrected chi connectivity index (χ3v) is 4.21. The van der Waals surface area contributed by atoms with Crippen LogP contribution in [0.3, 0.4) is 0 Å². The number of hydrogen-bond donors (Lipinski definition) is 1. The minimum atomic E-state index is -0.0316. The second kappa shape index (κ2) is 7.60. The van der Waals surface area contributed by atoms with Gasteiger partial charge in [-0.3, -0.25) is 4.79 Å². The highest BCUT2D eigenvalue weighted by Crippen LogP contribution is 2.23. The molecule has 0 bridgehead atoms. The quantitative estimate of drug-likeness (QED) is 0.738. The number of carbonyl (C=O) groups excluding carboxylic acids is 1. The van der Waals surface area contributed by atoms with Crippen molar-refractivity contribution in [3.05, 3.63) is 95.6 Å². The van der Waals surface area contributed by atoms with E-state index in [2.05, 4.69) is 41.7 Å². The lowest BCUT2D eigenvalue weighted by molar-refractivity contribution is 0.0962. The molecular weight excluding hydrogens is 294 g/mol. The van der Waals surface area contributed by atoms with Crippen molar-refractivity contribution in [2.45, 2.75) is 12.8 Å². The van der Waals surface area contributed by atoms with E-state index < -0.39 is 0 Å². The Morgan fingerprint density at radius 3 is 2.12 bits per heavy atom. The number of aryl methyl sites for hydroxylation is 2. The van der Waals surface area contributed by atoms with Crippen LogP contribution in [0.1, 0.15) is 21.5 Å². The molecular formula is C22H21NO. The molecule has 0 aliphatic rings. The van der Waals surface area contributed by atoms with Gasteiger partial charge in [0.05, 0.1) is 0 Å². The Labute approximate surface area is 143 Å². The van der Waals surface area contributed by atoms with E-state index in [0.29, 0.717) is 0 Å². The van der Waals surface area contributed by atoms with E-state index in [-0.39, 0.29) is 5.91 Å². The zero-order chi connectivity index (χ0) is 16.8. The van der Waals surface area contributed by atoms with Gasteiger partial charge >= 0.3 is 0 Å². The molecule has 2 nitrogen and oxygen atoms in total. The molecule has 0 aromatic heterocycles. The van der Waals surface area contributed by atoms with Gasteiger partial charge in [0, 0.05) is 12.6 Å². The van der Waals surface area contributed by atoms with Crippen LogP contribution in [-0.2, 0) is 12.8 Å². The van der Waals surface area contributed by atoms with E-state index in [1.165, 1.54) is 5.56 Å². The fraction of sp³-hybridized carbons (Fsp3) is 0.136. The highest BCUT2D eigenvalue weighted by Gasteiger charge is 2.12. The lowest BCUT2D eigenvalue weighted by Gasteiger charge is -2.11. The number of carbonyl (C=O) groups is 1. The van der Waals surface area contributed by atoms with Crippen LogP contribution in [0.4, 0.5) is 0 Å². The van der Waals surface area contributed by atoms with Crippen molar-refractivity contribution in [1.29, 1.82) is 0 Å². The fourth-order valence-corrected chi connectivity index (χ4v) is 2.87. The summed E-state index contributed by atoms with van der Waals surface area (Å²) in [6, 6.07) is 26.7. The van der Waals surface area contributed by atoms with Gasteiger partial charge in [-0.15, -0.1) is 0 Å². The Morgan fingerprint density at radius 2 is 1.46 bits per heavy atom. The first-order chi connectivity index (χ1) is 11.8. The van der Waals surface area contributed by atoms with Gasteiger partial charge in [-0.1, -0.05) is 72.8 Å². The number of rotatable bonds is 5. The third-order valence-electron chi connectivity index (χ3n) is 4.21. The van der Waals surface area contributed by atoms with Gasteiger partial charge in [0.25, 0.3) is 5.91 Å². The number of amides is 1. The fourth-order valence-electron chi connectivity index (χ4n) is 2.87. The lowest BCUT2D eigenvalue weighted by Crippen LogP contribution is -2.20. The van der Waals surface area contributed by atoms with Crippen LogP contribution in [0.5, 0.6) is 0 Å². The lowest BCUT2D eigenvalue weighted by atomic mass is 9.95. The SMILES string of the molecule is CNC(=O)c1cc(-c2ccccc2)ccc1CCc1ccccc1. The van der Waals surface area contributed by atoms with E-state index in [4.69, 9.17) is 0 Å². The Kier molecular flexibility index (Phi) is 5.07. The first-order valence-corrected chi connectivity index (χ1v) is 8.22. The van der Waals surface area contributed by atoms with Crippen LogP contribution in [0.25, 0.3) is 11.1 Å². The van der Waals surface area contributed by atoms with E-state index in [0.717, 1.165) is 35.1 Å². The summed E-state index contributed by atoms with van der Waals surface area (Å²) in [6.07, 6.45) is 1.78. The van der Waals surface area contributed by atoms with E-state index in [1.807, 2.05) is 42.5 Å². The highest BCUT2D eigenvalue weighted by molar-refractivity contribution is 5.96. The minimum absolute atomic E-state index is 0.0316. The summed E-state index contributed by atoms with van der Waals surface area (Å²) in [5, 5.41) is 2.76. The smallest absolute Gasteiger partial charge is 0.251 e. The summed E-state index contributed by atoms with van der Waals surface area (Å²) in [4.78, 5) is 12.3. The van der Waals surface area contributed by atoms with Gasteiger partial charge in [-0.2, -0.15) is 0 Å². The molecule has 0 aliphatic heterocycles. The highest BCUT2D eigenvalue weighted by atomic mass is 16.1. The molecule has 1 N–H and O–H groups in total. The van der Waals surface area contributed by atoms with Crippen molar-refractivity contribution < 1.29 is 4.79 Å². The average molecular weight is 315 g/mol. The molecule has 3 aromatic carbocycles. The number of benzene rings is 3. The second-order valence-corrected chi connectivity index (χ2v) is 5.80. The van der Waals surface area contributed by atoms with Crippen LogP contribution in [0.15, 0.2) is 78.9 Å². The molecule has 0 aliphatic carbocycles. The molecule has 120 valence electrons. The van der Waals surface area contributed by atoms with Gasteiger partial charge in [0.1, 0.15) is 0 Å². The molecule has 2 heteroatoms. The van der Waals surface area contributed by atoms with Crippen molar-refractivity contribution in [3.8, 4) is 11.1 Å². The van der Waals surface area contributed by atoms with E-state index in [9.17, 15) is 4.79 Å². The third kappa shape index (κ3) is 3.72. The number of nitrogens with one attached hydrogen (secondary N) is 1. The first-order valence-electron chi connectivity index (χ1n) is 8.22. The van der Waals surface area contributed by atoms with Crippen molar-refractivity contribution in [1.82, 2.24) is 5.32 Å². The minimum Gasteiger partial charge on any atom is -0.355 e. The molecule has 0 heterocycles. The summed E-state index contributed by atoms with van der Waals surface area (Å²) in [6.45, 7) is 0. The Morgan fingerprint density at radius 1 is 0.792 bits per heavy atom. The van der Waals surface area contributed by atoms with Gasteiger partial charge in [-0.05, 0) is 41.2 Å². The molecule has 0 saturated carbocycles. The normalized spacial score (nSPS) is 10.4. The summed E-state index contributed by atoms with van der Waals surface area (Å²) >= 11 is 0. The van der Waals surface area contributed by atoms with Crippen molar-refractivity contribution in [2.24, 2.45) is 0 Å². The van der Waals surface area contributed by atoms with Crippen LogP contribution < -0.4 is 5.32 Å². The van der Waals surface area contributed by atoms with E-state index in [1.54, 1.807) is 7.05 Å². The summed E-state index contributed by atoms with van der Waals surface area (Å²) < 4.78 is 0. The van der Waals surface area contributed by atoms with Crippen LogP contribution in [0.2, 0.25) is 0 Å². The monoisotopic (exact) mass is 315 g/mol. The van der Waals surface area contributed by atoms with Gasteiger partial charge in [0.2, 0.25) is 0 Å². The molecule has 3 rings (SSSR count). The first kappa shape index (κ1) is 16.0. The molecule has 0 saturated heterocycles. The molecule has 0 spiro atoms. The predicted octanol–water partition coefficient (Wildman–Crippen LogP) is 4.50. The Balaban J connectivity index is 1.89. The molecule has 0 unspecified atom stereocenters. The summed E-state index contributed by atoms with van der Waals surface area (Å²) in [7, 11) is 1.68. The van der Waals surface area contributed by atoms with Crippen LogP contribution in [-0.4, -0.2) is 13.0 Å². The van der Waals surface area contributed by atoms with Gasteiger partial charge < -0.3 is 5.32 Å². The Bertz CT molecular complexity index is 810. The molecule has 1 amide bonds. The number of hydrogen-bond acceptors (Lipinski definition) is 1. The second-order valence-electron chi connectivity index (χ2n) is 5.80. The zero-order valence-electron chi connectivity index (χ0n) is 13.8. The molecule has 0 fully saturated rings. The standard InChI is InChI=1S/C22H21NO/c1-23-22(24)21-16-20(18-10-6-3-7-11-18)15-14-19(21)13-12-17-8-4-2-5-9-17/h2-11,14-16H,12-13H2,1H3,(H,23,24). The maximum atomic E-state index is 12.3. The topological polar surface area (TPSA) is 29.1 Å². The molecule has 0 radical (unpaired) electrons. The van der Waals surface area contributed by atoms with Crippen LogP contribution in [0, 0.1) is 0 Å². The van der Waals surface area contributed by atoms with Crippen molar-refractivity contribution >= 4 is 5.91 Å². The van der Waals surface area contributed by atoms with Gasteiger partial charge in [-0.25, -0.2) is 0 Å². The summed E-state index contributed by atoms with van der Waals surface area (Å²) in [5.41, 5.74) is 5.31. The zero-order valence-corrected chi connectivity index (χ0v) is 13.8. The largest absolute Gasteiger partial charge is 0.355 e. The molecule has 24 heavy (non-hydrogen) atoms. The Hall–Kier alpha value is -2.87. The van der Waals surface area contributed by atoms with Crippen molar-refractivity contribution in [3.63, 3.8) is 0 Å². The maximum Gasteiger partial charge on any atom is 0.251 e. The molecule has 3 aromatic rings. The van der Waals surface area contributed by atoms with Crippen molar-refractivity contribution in [2.75, 3.05) is 7.05 Å². The molecule has 0 atom stereocenters. The summed E-state index contributed by atoms with van der Waals surface area (Å²) in [5.74, 6) is -0.0316. The average Bonchev–Trinajstić information content (AvgIpc) is 2.67. The maximum absolute atomic E-state index is 12.3. The van der Waals surface area contributed by atoms with Crippen LogP contribution >= 0.6 is 0 Å². The van der Waals surface area contributed by atoms with E-state index >= 15 is 0 Å².